The van der Waals surface area contributed by atoms with Gasteiger partial charge in [0, 0.05) is 6.61 Å². The van der Waals surface area contributed by atoms with Crippen molar-refractivity contribution in [2.45, 2.75) is 20.5 Å². The summed E-state index contributed by atoms with van der Waals surface area (Å²) >= 11 is 3.23. The lowest BCUT2D eigenvalue weighted by Crippen LogP contribution is -2.01. The number of rotatable bonds is 4. The Kier molecular flexibility index (Phi) is 4.42. The number of benzene rings is 1. The van der Waals surface area contributed by atoms with Gasteiger partial charge in [0.15, 0.2) is 0 Å². The van der Waals surface area contributed by atoms with Crippen LogP contribution in [0, 0.1) is 5.92 Å². The minimum Gasteiger partial charge on any atom is -0.507 e. The molecule has 1 N–H and O–H groups in total. The number of ether oxygens (including phenoxy) is 1. The van der Waals surface area contributed by atoms with Gasteiger partial charge in [-0.05, 0) is 39.5 Å². The van der Waals surface area contributed by atoms with Crippen molar-refractivity contribution in [3.63, 3.8) is 0 Å². The third-order valence-corrected chi connectivity index (χ3v) is 2.40. The van der Waals surface area contributed by atoms with Gasteiger partial charge < -0.3 is 9.84 Å². The zero-order valence-corrected chi connectivity index (χ0v) is 10.0. The summed E-state index contributed by atoms with van der Waals surface area (Å²) in [6, 6.07) is 5.47. The maximum atomic E-state index is 9.41. The quantitative estimate of drug-likeness (QED) is 0.898. The van der Waals surface area contributed by atoms with E-state index in [2.05, 4.69) is 29.8 Å². The van der Waals surface area contributed by atoms with Crippen molar-refractivity contribution in [1.82, 2.24) is 0 Å². The van der Waals surface area contributed by atoms with E-state index in [1.807, 2.05) is 12.1 Å². The molecule has 0 aliphatic carbocycles. The Balaban J connectivity index is 2.47. The Morgan fingerprint density at radius 2 is 2.14 bits per heavy atom. The van der Waals surface area contributed by atoms with Crippen molar-refractivity contribution in [2.24, 2.45) is 5.92 Å². The van der Waals surface area contributed by atoms with E-state index < -0.39 is 0 Å². The van der Waals surface area contributed by atoms with E-state index in [4.69, 9.17) is 4.74 Å². The first kappa shape index (κ1) is 11.5. The van der Waals surface area contributed by atoms with Crippen molar-refractivity contribution in [1.29, 1.82) is 0 Å². The zero-order chi connectivity index (χ0) is 10.6. The number of hydrogen-bond acceptors (Lipinski definition) is 2. The molecule has 0 radical (unpaired) electrons. The smallest absolute Gasteiger partial charge is 0.130 e. The summed E-state index contributed by atoms with van der Waals surface area (Å²) in [7, 11) is 0. The Bertz CT molecular complexity index is 297. The van der Waals surface area contributed by atoms with Crippen LogP contribution < -0.4 is 0 Å². The fourth-order valence-electron chi connectivity index (χ4n) is 1.06. The summed E-state index contributed by atoms with van der Waals surface area (Å²) in [6.07, 6.45) is 0. The highest BCUT2D eigenvalue weighted by atomic mass is 79.9. The lowest BCUT2D eigenvalue weighted by atomic mass is 10.2. The van der Waals surface area contributed by atoms with E-state index in [1.54, 1.807) is 6.07 Å². The van der Waals surface area contributed by atoms with E-state index in [1.165, 1.54) is 0 Å². The van der Waals surface area contributed by atoms with Crippen molar-refractivity contribution in [3.8, 4) is 5.75 Å². The lowest BCUT2D eigenvalue weighted by Gasteiger charge is -2.07. The molecule has 0 aliphatic heterocycles. The Morgan fingerprint density at radius 3 is 2.71 bits per heavy atom. The molecule has 0 aromatic heterocycles. The predicted octanol–water partition coefficient (Wildman–Crippen LogP) is 3.33. The topological polar surface area (TPSA) is 29.5 Å². The van der Waals surface area contributed by atoms with Crippen LogP contribution in [0.15, 0.2) is 22.7 Å². The van der Waals surface area contributed by atoms with Crippen LogP contribution in [0.2, 0.25) is 0 Å². The first-order valence-corrected chi connectivity index (χ1v) is 5.44. The minimum atomic E-state index is 0.260. The second-order valence-corrected chi connectivity index (χ2v) is 4.55. The Morgan fingerprint density at radius 1 is 1.43 bits per heavy atom. The van der Waals surface area contributed by atoms with E-state index in [0.717, 1.165) is 12.2 Å². The second-order valence-electron chi connectivity index (χ2n) is 3.69. The average molecular weight is 259 g/mol. The molecule has 1 aromatic rings. The van der Waals surface area contributed by atoms with Gasteiger partial charge in [-0.25, -0.2) is 0 Å². The molecule has 1 rings (SSSR count). The lowest BCUT2D eigenvalue weighted by molar-refractivity contribution is 0.0969. The molecule has 0 heterocycles. The Hall–Kier alpha value is -0.540. The normalized spacial score (nSPS) is 10.9. The van der Waals surface area contributed by atoms with Gasteiger partial charge >= 0.3 is 0 Å². The van der Waals surface area contributed by atoms with E-state index in [-0.39, 0.29) is 5.75 Å². The standard InChI is InChI=1S/C11H15BrO2/c1-8(2)6-14-7-9-3-4-10(12)11(13)5-9/h3-5,8,13H,6-7H2,1-2H3. The maximum Gasteiger partial charge on any atom is 0.130 e. The summed E-state index contributed by atoms with van der Waals surface area (Å²) < 4.78 is 6.16. The van der Waals surface area contributed by atoms with Gasteiger partial charge in [0.25, 0.3) is 0 Å². The molecule has 2 nitrogen and oxygen atoms in total. The van der Waals surface area contributed by atoms with Crippen molar-refractivity contribution in [2.75, 3.05) is 6.61 Å². The van der Waals surface area contributed by atoms with Crippen LogP contribution in [0.25, 0.3) is 0 Å². The summed E-state index contributed by atoms with van der Waals surface area (Å²) in [5.74, 6) is 0.801. The molecule has 0 saturated carbocycles. The highest BCUT2D eigenvalue weighted by Gasteiger charge is 2.00. The molecule has 14 heavy (non-hydrogen) atoms. The van der Waals surface area contributed by atoms with Crippen LogP contribution in [0.1, 0.15) is 19.4 Å². The summed E-state index contributed by atoms with van der Waals surface area (Å²) in [5, 5.41) is 9.41. The molecular formula is C11H15BrO2. The number of aromatic hydroxyl groups is 1. The third kappa shape index (κ3) is 3.68. The Labute approximate surface area is 93.0 Å². The highest BCUT2D eigenvalue weighted by Crippen LogP contribution is 2.24. The monoisotopic (exact) mass is 258 g/mol. The van der Waals surface area contributed by atoms with Gasteiger partial charge in [-0.15, -0.1) is 0 Å². The van der Waals surface area contributed by atoms with Crippen molar-refractivity contribution >= 4 is 15.9 Å². The van der Waals surface area contributed by atoms with E-state index in [9.17, 15) is 5.11 Å². The van der Waals surface area contributed by atoms with Crippen LogP contribution in [0.3, 0.4) is 0 Å². The fraction of sp³-hybridized carbons (Fsp3) is 0.455. The molecule has 1 aromatic carbocycles. The molecule has 0 bridgehead atoms. The summed E-state index contributed by atoms with van der Waals surface area (Å²) in [6.45, 7) is 5.52. The molecule has 0 unspecified atom stereocenters. The third-order valence-electron chi connectivity index (χ3n) is 1.73. The van der Waals surface area contributed by atoms with Crippen LogP contribution in [0.4, 0.5) is 0 Å². The van der Waals surface area contributed by atoms with Crippen molar-refractivity contribution < 1.29 is 9.84 Å². The molecule has 78 valence electrons. The fourth-order valence-corrected chi connectivity index (χ4v) is 1.31. The van der Waals surface area contributed by atoms with Gasteiger partial charge in [-0.1, -0.05) is 19.9 Å². The van der Waals surface area contributed by atoms with Crippen LogP contribution >= 0.6 is 15.9 Å². The molecular weight excluding hydrogens is 244 g/mol. The van der Waals surface area contributed by atoms with E-state index >= 15 is 0 Å². The second kappa shape index (κ2) is 5.37. The number of halogens is 1. The van der Waals surface area contributed by atoms with Gasteiger partial charge in [0.05, 0.1) is 11.1 Å². The molecule has 0 saturated heterocycles. The van der Waals surface area contributed by atoms with Gasteiger partial charge in [-0.3, -0.25) is 0 Å². The largest absolute Gasteiger partial charge is 0.507 e. The molecule has 0 atom stereocenters. The van der Waals surface area contributed by atoms with E-state index in [0.29, 0.717) is 17.0 Å². The summed E-state index contributed by atoms with van der Waals surface area (Å²) in [4.78, 5) is 0. The number of phenolic OH excluding ortho intramolecular Hbond substituents is 1. The SMILES string of the molecule is CC(C)COCc1ccc(Br)c(O)c1. The van der Waals surface area contributed by atoms with Crippen LogP contribution in [-0.2, 0) is 11.3 Å². The van der Waals surface area contributed by atoms with Gasteiger partial charge in [0.2, 0.25) is 0 Å². The average Bonchev–Trinajstić information content (AvgIpc) is 2.10. The van der Waals surface area contributed by atoms with Crippen LogP contribution in [-0.4, -0.2) is 11.7 Å². The molecule has 3 heteroatoms. The number of hydrogen-bond donors (Lipinski definition) is 1. The van der Waals surface area contributed by atoms with Gasteiger partial charge in [0.1, 0.15) is 5.75 Å². The molecule has 0 amide bonds. The summed E-state index contributed by atoms with van der Waals surface area (Å²) in [5.41, 5.74) is 0.992. The maximum absolute atomic E-state index is 9.41. The minimum absolute atomic E-state index is 0.260. The predicted molar refractivity (Wildman–Crippen MR) is 60.3 cm³/mol. The first-order valence-electron chi connectivity index (χ1n) is 4.64. The molecule has 0 aliphatic rings. The zero-order valence-electron chi connectivity index (χ0n) is 8.46. The molecule has 0 fully saturated rings. The van der Waals surface area contributed by atoms with Gasteiger partial charge in [-0.2, -0.15) is 0 Å². The van der Waals surface area contributed by atoms with Crippen molar-refractivity contribution in [3.05, 3.63) is 28.2 Å². The van der Waals surface area contributed by atoms with Crippen LogP contribution in [0.5, 0.6) is 5.75 Å². The first-order chi connectivity index (χ1) is 6.59. The molecule has 0 spiro atoms. The highest BCUT2D eigenvalue weighted by molar-refractivity contribution is 9.10. The number of phenols is 1.